The summed E-state index contributed by atoms with van der Waals surface area (Å²) in [6, 6.07) is 9.74. The number of hydrogen-bond donors (Lipinski definition) is 0. The van der Waals surface area contributed by atoms with Crippen molar-refractivity contribution in [2.45, 2.75) is 57.0 Å². The molecule has 2 saturated heterocycles. The van der Waals surface area contributed by atoms with E-state index >= 15 is 0 Å². The fraction of sp³-hybridized carbons (Fsp3) is 0.429. The van der Waals surface area contributed by atoms with Gasteiger partial charge in [-0.05, 0) is 37.6 Å². The van der Waals surface area contributed by atoms with Crippen LogP contribution in [-0.2, 0) is 14.2 Å². The molecule has 8 heteroatoms. The molecule has 2 fully saturated rings. The summed E-state index contributed by atoms with van der Waals surface area (Å²) in [6.45, 7) is 5.99. The van der Waals surface area contributed by atoms with Gasteiger partial charge in [-0.15, -0.1) is 0 Å². The Labute approximate surface area is 178 Å². The van der Waals surface area contributed by atoms with Crippen LogP contribution in [0.1, 0.15) is 38.5 Å². The number of ether oxygens (including phenoxy) is 3. The summed E-state index contributed by atoms with van der Waals surface area (Å²) in [4.78, 5) is 8.47. The van der Waals surface area contributed by atoms with Gasteiger partial charge in [0.05, 0.1) is 11.5 Å². The van der Waals surface area contributed by atoms with E-state index in [0.717, 1.165) is 10.9 Å². The van der Waals surface area contributed by atoms with Crippen molar-refractivity contribution >= 4 is 34.2 Å². The van der Waals surface area contributed by atoms with E-state index in [2.05, 4.69) is 16.9 Å². The summed E-state index contributed by atoms with van der Waals surface area (Å²) in [6.07, 6.45) is 2.31. The van der Waals surface area contributed by atoms with Crippen LogP contribution in [0.4, 0.5) is 0 Å². The molecule has 1 unspecified atom stereocenters. The molecule has 6 nitrogen and oxygen atoms in total. The summed E-state index contributed by atoms with van der Waals surface area (Å²) >= 11 is 12.3. The first-order chi connectivity index (χ1) is 13.8. The van der Waals surface area contributed by atoms with Crippen LogP contribution in [0.5, 0.6) is 0 Å². The molecule has 0 aliphatic carbocycles. The number of halogens is 2. The van der Waals surface area contributed by atoms with E-state index in [1.165, 1.54) is 6.33 Å². The van der Waals surface area contributed by atoms with Gasteiger partial charge >= 0.3 is 0 Å². The second-order valence-electron chi connectivity index (χ2n) is 8.02. The van der Waals surface area contributed by atoms with Gasteiger partial charge in [-0.2, -0.15) is 0 Å². The van der Waals surface area contributed by atoms with Crippen molar-refractivity contribution in [1.29, 1.82) is 0 Å². The average Bonchev–Trinajstić information content (AvgIpc) is 3.33. The molecule has 2 aliphatic rings. The van der Waals surface area contributed by atoms with Crippen molar-refractivity contribution in [3.63, 3.8) is 0 Å². The maximum absolute atomic E-state index is 6.54. The number of nitrogens with zero attached hydrogens (tertiary/aromatic N) is 3. The molecule has 152 valence electrons. The van der Waals surface area contributed by atoms with Gasteiger partial charge in [-0.1, -0.05) is 42.3 Å². The van der Waals surface area contributed by atoms with E-state index in [4.69, 9.17) is 37.4 Å². The molecule has 4 heterocycles. The van der Waals surface area contributed by atoms with E-state index in [1.807, 2.05) is 54.9 Å². The molecule has 2 aliphatic heterocycles. The third-order valence-corrected chi connectivity index (χ3v) is 6.24. The molecular formula is C21H21Cl2N3O3. The Morgan fingerprint density at radius 1 is 1.03 bits per heavy atom. The summed E-state index contributed by atoms with van der Waals surface area (Å²) in [5, 5.41) is 1.90. The molecule has 0 saturated carbocycles. The third-order valence-electron chi connectivity index (χ3n) is 5.69. The van der Waals surface area contributed by atoms with Gasteiger partial charge in [-0.3, -0.25) is 0 Å². The lowest BCUT2D eigenvalue weighted by molar-refractivity contribution is -0.198. The smallest absolute Gasteiger partial charge is 0.164 e. The quantitative estimate of drug-likeness (QED) is 0.546. The normalized spacial score (nSPS) is 29.3. The Morgan fingerprint density at radius 2 is 1.76 bits per heavy atom. The Balaban J connectivity index is 1.53. The Morgan fingerprint density at radius 3 is 2.52 bits per heavy atom. The highest BCUT2D eigenvalue weighted by atomic mass is 35.5. The lowest BCUT2D eigenvalue weighted by Gasteiger charge is -2.28. The van der Waals surface area contributed by atoms with Crippen molar-refractivity contribution in [1.82, 2.24) is 14.5 Å². The fourth-order valence-electron chi connectivity index (χ4n) is 4.34. The van der Waals surface area contributed by atoms with Gasteiger partial charge in [0.25, 0.3) is 0 Å². The number of rotatable bonds is 3. The molecular weight excluding hydrogens is 413 g/mol. The summed E-state index contributed by atoms with van der Waals surface area (Å²) in [5.41, 5.74) is 1.84. The van der Waals surface area contributed by atoms with E-state index in [1.54, 1.807) is 0 Å². The zero-order valence-corrected chi connectivity index (χ0v) is 17.8. The predicted molar refractivity (Wildman–Crippen MR) is 110 cm³/mol. The Bertz CT molecular complexity index is 1050. The highest BCUT2D eigenvalue weighted by molar-refractivity contribution is 6.33. The Kier molecular flexibility index (Phi) is 4.60. The first-order valence-corrected chi connectivity index (χ1v) is 10.3. The van der Waals surface area contributed by atoms with Crippen molar-refractivity contribution in [3.8, 4) is 0 Å². The highest BCUT2D eigenvalue weighted by Gasteiger charge is 2.57. The van der Waals surface area contributed by atoms with Crippen LogP contribution in [-0.4, -0.2) is 38.6 Å². The minimum Gasteiger partial charge on any atom is -0.348 e. The minimum atomic E-state index is -0.690. The summed E-state index contributed by atoms with van der Waals surface area (Å²) in [5.74, 6) is -0.604. The fourth-order valence-corrected chi connectivity index (χ4v) is 4.65. The van der Waals surface area contributed by atoms with Crippen LogP contribution in [0.15, 0.2) is 42.9 Å². The van der Waals surface area contributed by atoms with Gasteiger partial charge in [-0.25, -0.2) is 9.97 Å². The molecule has 0 bridgehead atoms. The molecule has 29 heavy (non-hydrogen) atoms. The van der Waals surface area contributed by atoms with Gasteiger partial charge in [0.15, 0.2) is 12.0 Å². The van der Waals surface area contributed by atoms with Crippen LogP contribution >= 0.6 is 23.2 Å². The number of aromatic nitrogens is 3. The zero-order valence-electron chi connectivity index (χ0n) is 16.3. The highest BCUT2D eigenvalue weighted by Crippen LogP contribution is 2.47. The molecule has 0 radical (unpaired) electrons. The van der Waals surface area contributed by atoms with Crippen molar-refractivity contribution in [2.75, 3.05) is 0 Å². The van der Waals surface area contributed by atoms with E-state index in [-0.39, 0.29) is 30.5 Å². The molecule has 5 atom stereocenters. The molecule has 2 aromatic heterocycles. The molecule has 5 rings (SSSR count). The SMILES string of the molecule is CC(c1ccc(Cl)cc1)[C@H]1O[C@@H](n2ccc3c(Cl)ncnc32)[C@@H]2OC(C)(C)O[C@@H]21. The van der Waals surface area contributed by atoms with E-state index in [0.29, 0.717) is 15.8 Å². The first kappa shape index (κ1) is 19.3. The van der Waals surface area contributed by atoms with Crippen LogP contribution in [0.3, 0.4) is 0 Å². The number of fused-ring (bicyclic) bond motifs is 2. The molecule has 1 aromatic carbocycles. The van der Waals surface area contributed by atoms with Gasteiger partial charge in [0.1, 0.15) is 29.3 Å². The largest absolute Gasteiger partial charge is 0.348 e. The molecule has 0 spiro atoms. The molecule has 0 N–H and O–H groups in total. The zero-order chi connectivity index (χ0) is 20.3. The Hall–Kier alpha value is -1.70. The average molecular weight is 434 g/mol. The summed E-state index contributed by atoms with van der Waals surface area (Å²) in [7, 11) is 0. The van der Waals surface area contributed by atoms with Gasteiger partial charge < -0.3 is 18.8 Å². The van der Waals surface area contributed by atoms with Crippen molar-refractivity contribution in [3.05, 3.63) is 58.6 Å². The van der Waals surface area contributed by atoms with Crippen molar-refractivity contribution < 1.29 is 14.2 Å². The lowest BCUT2D eigenvalue weighted by Crippen LogP contribution is -2.33. The van der Waals surface area contributed by atoms with Gasteiger partial charge in [0, 0.05) is 17.1 Å². The second kappa shape index (κ2) is 6.93. The topological polar surface area (TPSA) is 58.4 Å². The maximum Gasteiger partial charge on any atom is 0.164 e. The van der Waals surface area contributed by atoms with Crippen LogP contribution < -0.4 is 0 Å². The molecule has 3 aromatic rings. The second-order valence-corrected chi connectivity index (χ2v) is 8.82. The third kappa shape index (κ3) is 3.23. The van der Waals surface area contributed by atoms with Crippen LogP contribution in [0.25, 0.3) is 11.0 Å². The summed E-state index contributed by atoms with van der Waals surface area (Å²) < 4.78 is 21.0. The van der Waals surface area contributed by atoms with Gasteiger partial charge in [0.2, 0.25) is 0 Å². The van der Waals surface area contributed by atoms with Crippen molar-refractivity contribution in [2.24, 2.45) is 0 Å². The number of benzene rings is 1. The lowest BCUT2D eigenvalue weighted by atomic mass is 9.91. The maximum atomic E-state index is 6.54. The predicted octanol–water partition coefficient (Wildman–Crippen LogP) is 4.96. The van der Waals surface area contributed by atoms with E-state index in [9.17, 15) is 0 Å². The van der Waals surface area contributed by atoms with E-state index < -0.39 is 5.79 Å². The minimum absolute atomic E-state index is 0.0855. The monoisotopic (exact) mass is 433 g/mol. The van der Waals surface area contributed by atoms with Crippen LogP contribution in [0.2, 0.25) is 10.2 Å². The first-order valence-electron chi connectivity index (χ1n) is 9.58. The molecule has 0 amide bonds. The number of hydrogen-bond acceptors (Lipinski definition) is 5. The standard InChI is InChI=1S/C21H21Cl2N3O3/c1-11(12-4-6-13(22)7-5-12)15-16-17(29-21(2,3)28-16)20(27-15)26-9-8-14-18(23)24-10-25-19(14)26/h4-11,15-17,20H,1-3H3/t11?,15-,16-,17-,20-/m1/s1. The van der Waals surface area contributed by atoms with Crippen LogP contribution in [0, 0.1) is 0 Å².